The van der Waals surface area contributed by atoms with Crippen LogP contribution in [0.15, 0.2) is 24.3 Å². The summed E-state index contributed by atoms with van der Waals surface area (Å²) >= 11 is 1.76. The van der Waals surface area contributed by atoms with Gasteiger partial charge in [-0.2, -0.15) is 0 Å². The Morgan fingerprint density at radius 3 is 2.29 bits per heavy atom. The Morgan fingerprint density at radius 2 is 1.62 bits per heavy atom. The molecule has 1 saturated heterocycles. The van der Waals surface area contributed by atoms with Crippen LogP contribution >= 0.6 is 11.8 Å². The Morgan fingerprint density at radius 1 is 0.958 bits per heavy atom. The van der Waals surface area contributed by atoms with Crippen molar-refractivity contribution < 1.29 is 9.59 Å². The molecule has 2 heterocycles. The Bertz CT molecular complexity index is 636. The van der Waals surface area contributed by atoms with Gasteiger partial charge in [0.25, 0.3) is 0 Å². The highest BCUT2D eigenvalue weighted by molar-refractivity contribution is 8.00. The molecule has 2 aliphatic heterocycles. The molecule has 0 N–H and O–H groups in total. The number of benzene rings is 1. The monoisotopic (exact) mass is 344 g/mol. The van der Waals surface area contributed by atoms with E-state index >= 15 is 0 Å². The van der Waals surface area contributed by atoms with Crippen LogP contribution in [0.25, 0.3) is 0 Å². The second-order valence-electron chi connectivity index (χ2n) is 6.98. The fourth-order valence-electron chi connectivity index (χ4n) is 3.82. The molecule has 4 nitrogen and oxygen atoms in total. The van der Waals surface area contributed by atoms with Gasteiger partial charge in [-0.05, 0) is 36.1 Å². The van der Waals surface area contributed by atoms with E-state index in [1.807, 2.05) is 15.9 Å². The molecule has 0 radical (unpaired) electrons. The van der Waals surface area contributed by atoms with Crippen molar-refractivity contribution in [3.63, 3.8) is 0 Å². The number of carbonyl (C=O) groups is 2. The number of hydrogen-bond acceptors (Lipinski definition) is 3. The van der Waals surface area contributed by atoms with Crippen molar-refractivity contribution in [2.45, 2.75) is 30.9 Å². The largest absolute Gasteiger partial charge is 0.339 e. The highest BCUT2D eigenvalue weighted by Gasteiger charge is 2.35. The Labute approximate surface area is 147 Å². The lowest BCUT2D eigenvalue weighted by molar-refractivity contribution is -0.143. The average Bonchev–Trinajstić information content (AvgIpc) is 2.59. The van der Waals surface area contributed by atoms with E-state index in [0.29, 0.717) is 32.1 Å². The zero-order chi connectivity index (χ0) is 16.5. The SMILES string of the molecule is O=C(C1CCC1)N1CCN(C(=O)[C@@H]2SCCc3ccccc32)CC1. The number of hydrogen-bond donors (Lipinski definition) is 0. The Balaban J connectivity index is 1.39. The van der Waals surface area contributed by atoms with Crippen LogP contribution in [0.2, 0.25) is 0 Å². The first-order valence-corrected chi connectivity index (χ1v) is 10.1. The third kappa shape index (κ3) is 2.94. The van der Waals surface area contributed by atoms with Gasteiger partial charge in [-0.3, -0.25) is 9.59 Å². The van der Waals surface area contributed by atoms with Gasteiger partial charge in [0, 0.05) is 32.1 Å². The smallest absolute Gasteiger partial charge is 0.240 e. The predicted octanol–water partition coefficient (Wildman–Crippen LogP) is 2.49. The molecule has 0 aromatic heterocycles. The zero-order valence-electron chi connectivity index (χ0n) is 13.9. The Kier molecular flexibility index (Phi) is 4.53. The van der Waals surface area contributed by atoms with Gasteiger partial charge in [0.05, 0.1) is 0 Å². The predicted molar refractivity (Wildman–Crippen MR) is 95.8 cm³/mol. The van der Waals surface area contributed by atoms with E-state index in [1.165, 1.54) is 17.5 Å². The molecular formula is C19H24N2O2S. The molecule has 1 atom stereocenters. The molecule has 0 unspecified atom stereocenters. The van der Waals surface area contributed by atoms with Crippen molar-refractivity contribution in [3.8, 4) is 0 Å². The maximum Gasteiger partial charge on any atom is 0.240 e. The second-order valence-corrected chi connectivity index (χ2v) is 8.19. The topological polar surface area (TPSA) is 40.6 Å². The zero-order valence-corrected chi connectivity index (χ0v) is 14.8. The minimum absolute atomic E-state index is 0.0659. The number of carbonyl (C=O) groups excluding carboxylic acids is 2. The molecule has 128 valence electrons. The van der Waals surface area contributed by atoms with Gasteiger partial charge in [-0.25, -0.2) is 0 Å². The van der Waals surface area contributed by atoms with Gasteiger partial charge in [-0.1, -0.05) is 30.7 Å². The summed E-state index contributed by atoms with van der Waals surface area (Å²) in [6.45, 7) is 2.74. The lowest BCUT2D eigenvalue weighted by Gasteiger charge is -2.39. The number of rotatable bonds is 2. The molecular weight excluding hydrogens is 320 g/mol. The van der Waals surface area contributed by atoms with Crippen molar-refractivity contribution in [2.75, 3.05) is 31.9 Å². The normalized spacial score (nSPS) is 24.2. The molecule has 2 amide bonds. The standard InChI is InChI=1S/C19H24N2O2S/c22-18(15-5-3-6-15)20-9-11-21(12-10-20)19(23)17-16-7-2-1-4-14(16)8-13-24-17/h1-2,4,7,15,17H,3,5-6,8-13H2/t17-/m1/s1. The maximum absolute atomic E-state index is 13.0. The van der Waals surface area contributed by atoms with Crippen LogP contribution in [-0.4, -0.2) is 53.5 Å². The average molecular weight is 344 g/mol. The number of amides is 2. The first-order valence-electron chi connectivity index (χ1n) is 9.01. The molecule has 4 rings (SSSR count). The van der Waals surface area contributed by atoms with Crippen LogP contribution in [0.4, 0.5) is 0 Å². The summed E-state index contributed by atoms with van der Waals surface area (Å²) < 4.78 is 0. The summed E-state index contributed by atoms with van der Waals surface area (Å²) in [5.41, 5.74) is 2.50. The Hall–Kier alpha value is -1.49. The van der Waals surface area contributed by atoms with Gasteiger partial charge in [0.1, 0.15) is 5.25 Å². The number of aryl methyl sites for hydroxylation is 1. The summed E-state index contributed by atoms with van der Waals surface area (Å²) in [6.07, 6.45) is 4.34. The second kappa shape index (κ2) is 6.79. The van der Waals surface area contributed by atoms with Crippen molar-refractivity contribution in [1.29, 1.82) is 0 Å². The molecule has 1 aromatic carbocycles. The van der Waals surface area contributed by atoms with Crippen LogP contribution in [0, 0.1) is 5.92 Å². The third-order valence-corrected chi connectivity index (χ3v) is 6.80. The number of fused-ring (bicyclic) bond motifs is 1. The lowest BCUT2D eigenvalue weighted by atomic mass is 9.84. The summed E-state index contributed by atoms with van der Waals surface area (Å²) in [5.74, 6) is 1.80. The van der Waals surface area contributed by atoms with Crippen molar-refractivity contribution in [3.05, 3.63) is 35.4 Å². The van der Waals surface area contributed by atoms with E-state index in [-0.39, 0.29) is 17.1 Å². The molecule has 3 aliphatic rings. The first-order chi connectivity index (χ1) is 11.7. The van der Waals surface area contributed by atoms with E-state index in [0.717, 1.165) is 25.0 Å². The van der Waals surface area contributed by atoms with Crippen LogP contribution in [0.1, 0.15) is 35.6 Å². The van der Waals surface area contributed by atoms with Crippen LogP contribution in [0.3, 0.4) is 0 Å². The summed E-state index contributed by atoms with van der Waals surface area (Å²) in [4.78, 5) is 29.3. The quantitative estimate of drug-likeness (QED) is 0.828. The molecule has 24 heavy (non-hydrogen) atoms. The van der Waals surface area contributed by atoms with Gasteiger partial charge < -0.3 is 9.80 Å². The van der Waals surface area contributed by atoms with Gasteiger partial charge in [-0.15, -0.1) is 11.8 Å². The summed E-state index contributed by atoms with van der Waals surface area (Å²) in [6, 6.07) is 8.33. The summed E-state index contributed by atoms with van der Waals surface area (Å²) in [7, 11) is 0. The van der Waals surface area contributed by atoms with Crippen LogP contribution in [0.5, 0.6) is 0 Å². The number of piperazine rings is 1. The van der Waals surface area contributed by atoms with E-state index < -0.39 is 0 Å². The van der Waals surface area contributed by atoms with Crippen molar-refractivity contribution in [1.82, 2.24) is 9.80 Å². The molecule has 1 saturated carbocycles. The molecule has 0 spiro atoms. The third-order valence-electron chi connectivity index (χ3n) is 5.58. The highest BCUT2D eigenvalue weighted by Crippen LogP contribution is 2.38. The maximum atomic E-state index is 13.0. The molecule has 1 aromatic rings. The number of thioether (sulfide) groups is 1. The van der Waals surface area contributed by atoms with E-state index in [4.69, 9.17) is 0 Å². The van der Waals surface area contributed by atoms with Gasteiger partial charge in [0.15, 0.2) is 0 Å². The fraction of sp³-hybridized carbons (Fsp3) is 0.579. The van der Waals surface area contributed by atoms with Crippen molar-refractivity contribution >= 4 is 23.6 Å². The van der Waals surface area contributed by atoms with E-state index in [2.05, 4.69) is 18.2 Å². The molecule has 0 bridgehead atoms. The fourth-order valence-corrected chi connectivity index (χ4v) is 5.10. The van der Waals surface area contributed by atoms with Crippen LogP contribution < -0.4 is 0 Å². The highest BCUT2D eigenvalue weighted by atomic mass is 32.2. The van der Waals surface area contributed by atoms with Gasteiger partial charge in [0.2, 0.25) is 11.8 Å². The molecule has 2 fully saturated rings. The lowest BCUT2D eigenvalue weighted by Crippen LogP contribution is -2.53. The molecule has 1 aliphatic carbocycles. The minimum Gasteiger partial charge on any atom is -0.339 e. The van der Waals surface area contributed by atoms with E-state index in [9.17, 15) is 9.59 Å². The molecule has 5 heteroatoms. The van der Waals surface area contributed by atoms with Crippen molar-refractivity contribution in [2.24, 2.45) is 5.92 Å². The first kappa shape index (κ1) is 16.0. The number of nitrogens with zero attached hydrogens (tertiary/aromatic N) is 2. The van der Waals surface area contributed by atoms with Gasteiger partial charge >= 0.3 is 0 Å². The minimum atomic E-state index is -0.0659. The summed E-state index contributed by atoms with van der Waals surface area (Å²) in [5, 5.41) is -0.0659. The van der Waals surface area contributed by atoms with Crippen LogP contribution in [-0.2, 0) is 16.0 Å². The van der Waals surface area contributed by atoms with E-state index in [1.54, 1.807) is 11.8 Å².